The average Bonchev–Trinajstić information content (AvgIpc) is 2.93. The minimum absolute atomic E-state index is 0.0633. The number of aromatic nitrogens is 1. The molecule has 0 unspecified atom stereocenters. The van der Waals surface area contributed by atoms with Gasteiger partial charge < -0.3 is 19.5 Å². The molecule has 0 amide bonds. The molecule has 0 aromatic carbocycles. The lowest BCUT2D eigenvalue weighted by Gasteiger charge is -2.40. The monoisotopic (exact) mass is 317 g/mol. The van der Waals surface area contributed by atoms with Crippen molar-refractivity contribution < 1.29 is 9.90 Å². The number of aryl methyl sites for hydroxylation is 1. The van der Waals surface area contributed by atoms with Crippen LogP contribution >= 0.6 is 0 Å². The second-order valence-corrected chi connectivity index (χ2v) is 7.33. The fourth-order valence-electron chi connectivity index (χ4n) is 4.29. The molecule has 2 aliphatic heterocycles. The van der Waals surface area contributed by atoms with E-state index < -0.39 is 5.97 Å². The van der Waals surface area contributed by atoms with Crippen molar-refractivity contribution in [1.82, 2.24) is 4.57 Å². The lowest BCUT2D eigenvalue weighted by atomic mass is 10.0. The normalized spacial score (nSPS) is 31.7. The van der Waals surface area contributed by atoms with Crippen LogP contribution in [0.5, 0.6) is 0 Å². The number of piperidine rings is 1. The minimum Gasteiger partial charge on any atom is -0.481 e. The Morgan fingerprint density at radius 1 is 1.35 bits per heavy atom. The molecule has 23 heavy (non-hydrogen) atoms. The van der Waals surface area contributed by atoms with Gasteiger partial charge in [0.2, 0.25) is 0 Å². The number of aliphatic carboxylic acids is 1. The van der Waals surface area contributed by atoms with Crippen LogP contribution in [0, 0.1) is 17.8 Å². The van der Waals surface area contributed by atoms with Crippen LogP contribution in [0.4, 0.5) is 11.4 Å². The van der Waals surface area contributed by atoms with E-state index in [0.29, 0.717) is 30.2 Å². The summed E-state index contributed by atoms with van der Waals surface area (Å²) in [5.74, 6) is 0.683. The van der Waals surface area contributed by atoms with Gasteiger partial charge in [0, 0.05) is 45.3 Å². The number of nitrogens with zero attached hydrogens (tertiary/aromatic N) is 3. The average molecular weight is 317 g/mol. The van der Waals surface area contributed by atoms with Gasteiger partial charge in [-0.3, -0.25) is 9.59 Å². The molecule has 0 bridgehead atoms. The molecule has 1 aromatic rings. The van der Waals surface area contributed by atoms with Crippen LogP contribution in [0.1, 0.15) is 19.8 Å². The van der Waals surface area contributed by atoms with Gasteiger partial charge in [0.15, 0.2) is 0 Å². The Bertz CT molecular complexity index is 702. The summed E-state index contributed by atoms with van der Waals surface area (Å²) in [6.07, 6.45) is 3.35. The summed E-state index contributed by atoms with van der Waals surface area (Å²) in [6.45, 7) is 4.93. The van der Waals surface area contributed by atoms with Gasteiger partial charge in [-0.25, -0.2) is 0 Å². The van der Waals surface area contributed by atoms with Crippen LogP contribution in [0.3, 0.4) is 0 Å². The molecule has 3 fully saturated rings. The molecule has 0 spiro atoms. The molecule has 1 N–H and O–H groups in total. The molecule has 2 saturated heterocycles. The molecule has 1 aliphatic carbocycles. The van der Waals surface area contributed by atoms with Gasteiger partial charge >= 0.3 is 5.97 Å². The summed E-state index contributed by atoms with van der Waals surface area (Å²) < 4.78 is 1.67. The van der Waals surface area contributed by atoms with Crippen molar-refractivity contribution >= 4 is 17.3 Å². The first-order chi connectivity index (χ1) is 11.0. The van der Waals surface area contributed by atoms with Gasteiger partial charge in [0.25, 0.3) is 5.56 Å². The first kappa shape index (κ1) is 14.6. The van der Waals surface area contributed by atoms with Crippen LogP contribution in [0.2, 0.25) is 0 Å². The second kappa shape index (κ2) is 5.01. The summed E-state index contributed by atoms with van der Waals surface area (Å²) >= 11 is 0. The highest BCUT2D eigenvalue weighted by molar-refractivity contribution is 5.68. The topological polar surface area (TPSA) is 65.8 Å². The molecule has 3 aliphatic rings. The van der Waals surface area contributed by atoms with Crippen molar-refractivity contribution in [1.29, 1.82) is 0 Å². The van der Waals surface area contributed by atoms with Crippen LogP contribution < -0.4 is 15.4 Å². The number of hydrogen-bond acceptors (Lipinski definition) is 4. The lowest BCUT2D eigenvalue weighted by Crippen LogP contribution is -2.48. The number of carboxylic acids is 1. The largest absolute Gasteiger partial charge is 0.481 e. The van der Waals surface area contributed by atoms with Crippen molar-refractivity contribution in [3.05, 3.63) is 22.6 Å². The van der Waals surface area contributed by atoms with E-state index in [4.69, 9.17) is 5.11 Å². The maximum absolute atomic E-state index is 12.4. The number of fused-ring (bicyclic) bond motifs is 1. The summed E-state index contributed by atoms with van der Waals surface area (Å²) in [5, 5.41) is 8.93. The smallest absolute Gasteiger partial charge is 0.303 e. The summed E-state index contributed by atoms with van der Waals surface area (Å²) in [5.41, 5.74) is 1.95. The van der Waals surface area contributed by atoms with E-state index in [9.17, 15) is 9.59 Å². The van der Waals surface area contributed by atoms with E-state index in [1.807, 2.05) is 19.3 Å². The van der Waals surface area contributed by atoms with Crippen molar-refractivity contribution in [2.24, 2.45) is 24.8 Å². The standard InChI is InChI=1S/C17H23N3O3/c1-10-3-4-20(10)15-5-11(7-18(2)17(15)23)19-8-13-12(6-16(21)22)14(13)9-19/h5,7,10,12-14H,3-4,6,8-9H2,1-2H3,(H,21,22)/t10-,12-,13-,14+/m0/s1. The van der Waals surface area contributed by atoms with Crippen LogP contribution in [-0.2, 0) is 11.8 Å². The zero-order valence-electron chi connectivity index (χ0n) is 13.6. The molecule has 4 atom stereocenters. The van der Waals surface area contributed by atoms with Gasteiger partial charge in [-0.05, 0) is 37.2 Å². The van der Waals surface area contributed by atoms with Crippen LogP contribution in [0.15, 0.2) is 17.1 Å². The van der Waals surface area contributed by atoms with E-state index in [1.54, 1.807) is 4.57 Å². The molecule has 3 heterocycles. The Morgan fingerprint density at radius 2 is 2.04 bits per heavy atom. The zero-order chi connectivity index (χ0) is 16.3. The predicted octanol–water partition coefficient (Wildman–Crippen LogP) is 1.14. The molecule has 6 nitrogen and oxygen atoms in total. The molecular weight excluding hydrogens is 294 g/mol. The van der Waals surface area contributed by atoms with E-state index in [1.165, 1.54) is 0 Å². The van der Waals surface area contributed by atoms with E-state index in [-0.39, 0.29) is 5.56 Å². The molecular formula is C17H23N3O3. The van der Waals surface area contributed by atoms with Gasteiger partial charge in [-0.1, -0.05) is 0 Å². The van der Waals surface area contributed by atoms with E-state index in [0.717, 1.165) is 37.4 Å². The summed E-state index contributed by atoms with van der Waals surface area (Å²) in [4.78, 5) is 27.7. The number of anilines is 2. The second-order valence-electron chi connectivity index (χ2n) is 7.33. The van der Waals surface area contributed by atoms with Crippen LogP contribution in [-0.4, -0.2) is 41.3 Å². The third-order valence-electron chi connectivity index (χ3n) is 5.93. The maximum atomic E-state index is 12.4. The van der Waals surface area contributed by atoms with Crippen molar-refractivity contribution in [3.8, 4) is 0 Å². The minimum atomic E-state index is -0.688. The Morgan fingerprint density at radius 3 is 2.57 bits per heavy atom. The Balaban J connectivity index is 1.53. The Hall–Kier alpha value is -1.98. The summed E-state index contributed by atoms with van der Waals surface area (Å²) in [7, 11) is 1.81. The first-order valence-electron chi connectivity index (χ1n) is 8.39. The third-order valence-corrected chi connectivity index (χ3v) is 5.93. The highest BCUT2D eigenvalue weighted by Gasteiger charge is 2.56. The fourth-order valence-corrected chi connectivity index (χ4v) is 4.29. The molecule has 124 valence electrons. The number of carboxylic acid groups (broad SMARTS) is 1. The Kier molecular flexibility index (Phi) is 3.18. The predicted molar refractivity (Wildman–Crippen MR) is 88.0 cm³/mol. The molecule has 1 saturated carbocycles. The van der Waals surface area contributed by atoms with E-state index in [2.05, 4.69) is 16.7 Å². The Labute approximate surface area is 135 Å². The number of pyridine rings is 1. The number of carbonyl (C=O) groups is 1. The molecule has 4 rings (SSSR count). The lowest BCUT2D eigenvalue weighted by molar-refractivity contribution is -0.137. The van der Waals surface area contributed by atoms with Gasteiger partial charge in [0.1, 0.15) is 5.69 Å². The van der Waals surface area contributed by atoms with Crippen molar-refractivity contribution in [2.75, 3.05) is 29.4 Å². The van der Waals surface area contributed by atoms with Crippen molar-refractivity contribution in [3.63, 3.8) is 0 Å². The maximum Gasteiger partial charge on any atom is 0.303 e. The molecule has 1 aromatic heterocycles. The van der Waals surface area contributed by atoms with Gasteiger partial charge in [-0.2, -0.15) is 0 Å². The van der Waals surface area contributed by atoms with Crippen molar-refractivity contribution in [2.45, 2.75) is 25.8 Å². The number of hydrogen-bond donors (Lipinski definition) is 1. The van der Waals surface area contributed by atoms with Crippen LogP contribution in [0.25, 0.3) is 0 Å². The highest BCUT2D eigenvalue weighted by atomic mass is 16.4. The molecule has 6 heteroatoms. The fraction of sp³-hybridized carbons (Fsp3) is 0.647. The third kappa shape index (κ3) is 2.31. The number of rotatable bonds is 4. The first-order valence-corrected chi connectivity index (χ1v) is 8.39. The van der Waals surface area contributed by atoms with E-state index >= 15 is 0 Å². The molecule has 0 radical (unpaired) electrons. The zero-order valence-corrected chi connectivity index (χ0v) is 13.6. The van der Waals surface area contributed by atoms with Gasteiger partial charge in [-0.15, -0.1) is 0 Å². The highest BCUT2D eigenvalue weighted by Crippen LogP contribution is 2.54. The van der Waals surface area contributed by atoms with Gasteiger partial charge in [0.05, 0.1) is 5.69 Å². The quantitative estimate of drug-likeness (QED) is 0.902. The SMILES string of the molecule is C[C@H]1CCN1c1cc(N2C[C@@H]3[C@@H](CC(=O)O)[C@@H]3C2)cn(C)c1=O. The summed E-state index contributed by atoms with van der Waals surface area (Å²) in [6, 6.07) is 2.46.